The molecule has 0 atom stereocenters. The van der Waals surface area contributed by atoms with Crippen LogP contribution in [0.25, 0.3) is 0 Å². The van der Waals surface area contributed by atoms with Crippen LogP contribution in [0.1, 0.15) is 125 Å². The van der Waals surface area contributed by atoms with Crippen LogP contribution < -0.4 is 10.2 Å². The number of benzene rings is 2. The van der Waals surface area contributed by atoms with Crippen LogP contribution in [0.4, 0.5) is 0 Å². The molecule has 0 bridgehead atoms. The number of hydrogen-bond acceptors (Lipinski definition) is 3. The van der Waals surface area contributed by atoms with Crippen molar-refractivity contribution in [3.05, 3.63) is 82.8 Å². The van der Waals surface area contributed by atoms with Gasteiger partial charge in [0, 0.05) is 0 Å². The van der Waals surface area contributed by atoms with E-state index in [-0.39, 0.29) is 49.2 Å². The van der Waals surface area contributed by atoms with Crippen molar-refractivity contribution in [2.45, 2.75) is 110 Å². The Labute approximate surface area is 254 Å². The number of unbranched alkanes of at least 4 members (excludes halogenated alkanes) is 10. The van der Waals surface area contributed by atoms with Gasteiger partial charge in [-0.05, 0) is 60.1 Å². The number of furan rings is 1. The Morgan fingerprint density at radius 2 is 1.08 bits per heavy atom. The minimum atomic E-state index is -0.478. The summed E-state index contributed by atoms with van der Waals surface area (Å²) in [6.45, 7) is 4.47. The van der Waals surface area contributed by atoms with E-state index in [0.29, 0.717) is 16.9 Å². The van der Waals surface area contributed by atoms with Crippen LogP contribution in [-0.2, 0) is 12.8 Å². The summed E-state index contributed by atoms with van der Waals surface area (Å²) in [5.74, 6) is 0.0966. The minimum absolute atomic E-state index is 0. The Morgan fingerprint density at radius 1 is 0.622 bits per heavy atom. The molecule has 0 aliphatic rings. The third-order valence-corrected chi connectivity index (χ3v) is 7.24. The van der Waals surface area contributed by atoms with Gasteiger partial charge in [0.1, 0.15) is 5.76 Å². The number of rotatable bonds is 17. The van der Waals surface area contributed by atoms with Crippen molar-refractivity contribution in [1.82, 2.24) is 0 Å². The Kier molecular flexibility index (Phi) is 15.4. The molecule has 0 saturated carbocycles. The second-order valence-electron chi connectivity index (χ2n) is 10.2. The van der Waals surface area contributed by atoms with E-state index in [9.17, 15) is 10.2 Å². The Bertz CT molecular complexity index is 947. The quantitative estimate of drug-likeness (QED) is 0.132. The predicted octanol–water partition coefficient (Wildman–Crippen LogP) is 8.03. The van der Waals surface area contributed by atoms with E-state index in [0.717, 1.165) is 36.8 Å². The molecule has 0 amide bonds. The van der Waals surface area contributed by atoms with Crippen LogP contribution in [0.3, 0.4) is 0 Å². The molecule has 37 heavy (non-hydrogen) atoms. The molecule has 0 aliphatic heterocycles. The fourth-order valence-corrected chi connectivity index (χ4v) is 5.11. The van der Waals surface area contributed by atoms with E-state index in [1.54, 1.807) is 18.4 Å². The SMILES string of the molecule is CCCCCCCCc1ccc([O-])c(C(c2ccco2)c2cc(CCCCCCCC)ccc2[O-])c1.[Ca+2]. The van der Waals surface area contributed by atoms with Gasteiger partial charge in [0.25, 0.3) is 0 Å². The van der Waals surface area contributed by atoms with Crippen molar-refractivity contribution in [2.24, 2.45) is 0 Å². The first-order chi connectivity index (χ1) is 17.6. The van der Waals surface area contributed by atoms with Crippen molar-refractivity contribution in [1.29, 1.82) is 0 Å². The largest absolute Gasteiger partial charge is 2.00 e. The summed E-state index contributed by atoms with van der Waals surface area (Å²) in [4.78, 5) is 0. The molecular weight excluding hydrogens is 484 g/mol. The smallest absolute Gasteiger partial charge is 0.872 e. The summed E-state index contributed by atoms with van der Waals surface area (Å²) in [6, 6.07) is 15.0. The first-order valence-electron chi connectivity index (χ1n) is 14.3. The third-order valence-electron chi connectivity index (χ3n) is 7.24. The van der Waals surface area contributed by atoms with Gasteiger partial charge < -0.3 is 14.6 Å². The molecule has 3 aromatic rings. The van der Waals surface area contributed by atoms with E-state index in [1.165, 1.54) is 64.2 Å². The van der Waals surface area contributed by atoms with Gasteiger partial charge in [-0.3, -0.25) is 0 Å². The molecule has 2 aromatic carbocycles. The maximum atomic E-state index is 13.1. The fourth-order valence-electron chi connectivity index (χ4n) is 5.11. The average Bonchev–Trinajstić information content (AvgIpc) is 3.41. The molecule has 0 spiro atoms. The molecule has 1 aromatic heterocycles. The van der Waals surface area contributed by atoms with E-state index in [1.807, 2.05) is 36.4 Å². The standard InChI is InChI=1S/C33H46O3.Ca/c1-3-5-7-9-11-13-16-26-19-21-30(34)28(24-26)33(32-18-15-23-36-32)29-25-27(20-22-31(29)35)17-14-12-10-8-6-4-2;/h15,18-25,33-35H,3-14,16-17H2,1-2H3;/q;+2/p-2. The van der Waals surface area contributed by atoms with Crippen LogP contribution in [0.5, 0.6) is 11.5 Å². The first-order valence-corrected chi connectivity index (χ1v) is 14.3. The minimum Gasteiger partial charge on any atom is -0.872 e. The summed E-state index contributed by atoms with van der Waals surface area (Å²) in [6.07, 6.45) is 18.4. The maximum Gasteiger partial charge on any atom is 2.00 e. The van der Waals surface area contributed by atoms with E-state index < -0.39 is 5.92 Å². The van der Waals surface area contributed by atoms with E-state index in [2.05, 4.69) is 13.8 Å². The molecule has 1 heterocycles. The van der Waals surface area contributed by atoms with Gasteiger partial charge in [-0.2, -0.15) is 0 Å². The van der Waals surface area contributed by atoms with Crippen molar-refractivity contribution in [3.63, 3.8) is 0 Å². The van der Waals surface area contributed by atoms with Crippen LogP contribution in [-0.4, -0.2) is 37.7 Å². The van der Waals surface area contributed by atoms with Crippen LogP contribution >= 0.6 is 0 Å². The number of hydrogen-bond donors (Lipinski definition) is 0. The van der Waals surface area contributed by atoms with Crippen molar-refractivity contribution >= 4 is 37.7 Å². The Hall–Kier alpha value is -1.42. The summed E-state index contributed by atoms with van der Waals surface area (Å²) < 4.78 is 5.79. The molecular formula is C33H44CaO3. The molecule has 0 saturated heterocycles. The summed E-state index contributed by atoms with van der Waals surface area (Å²) >= 11 is 0. The molecule has 0 fully saturated rings. The fraction of sp³-hybridized carbons (Fsp3) is 0.515. The monoisotopic (exact) mass is 528 g/mol. The molecule has 3 rings (SSSR count). The van der Waals surface area contributed by atoms with Gasteiger partial charge in [0.2, 0.25) is 0 Å². The van der Waals surface area contributed by atoms with Gasteiger partial charge in [-0.1, -0.05) is 114 Å². The molecule has 0 radical (unpaired) electrons. The van der Waals surface area contributed by atoms with E-state index >= 15 is 0 Å². The summed E-state index contributed by atoms with van der Waals surface area (Å²) in [5.41, 5.74) is 3.60. The Morgan fingerprint density at radius 3 is 1.51 bits per heavy atom. The van der Waals surface area contributed by atoms with Gasteiger partial charge in [0.05, 0.1) is 12.2 Å². The normalized spacial score (nSPS) is 11.1. The van der Waals surface area contributed by atoms with Gasteiger partial charge >= 0.3 is 37.7 Å². The summed E-state index contributed by atoms with van der Waals surface area (Å²) in [5, 5.41) is 26.2. The molecule has 196 valence electrons. The van der Waals surface area contributed by atoms with Crippen LogP contribution in [0.15, 0.2) is 59.2 Å². The van der Waals surface area contributed by atoms with Crippen molar-refractivity contribution in [2.75, 3.05) is 0 Å². The molecule has 4 heteroatoms. The molecule has 3 nitrogen and oxygen atoms in total. The zero-order valence-corrected chi connectivity index (χ0v) is 25.3. The predicted molar refractivity (Wildman–Crippen MR) is 151 cm³/mol. The maximum absolute atomic E-state index is 13.1. The topological polar surface area (TPSA) is 59.3 Å². The molecule has 0 N–H and O–H groups in total. The van der Waals surface area contributed by atoms with Crippen LogP contribution in [0.2, 0.25) is 0 Å². The van der Waals surface area contributed by atoms with Crippen LogP contribution in [0, 0.1) is 0 Å². The number of aryl methyl sites for hydroxylation is 2. The second-order valence-corrected chi connectivity index (χ2v) is 10.2. The summed E-state index contributed by atoms with van der Waals surface area (Å²) in [7, 11) is 0. The average molecular weight is 529 g/mol. The van der Waals surface area contributed by atoms with Crippen molar-refractivity contribution in [3.8, 4) is 11.5 Å². The van der Waals surface area contributed by atoms with Gasteiger partial charge in [-0.15, -0.1) is 11.5 Å². The molecule has 0 aliphatic carbocycles. The zero-order valence-electron chi connectivity index (χ0n) is 23.1. The second kappa shape index (κ2) is 18.0. The van der Waals surface area contributed by atoms with Gasteiger partial charge in [-0.25, -0.2) is 0 Å². The molecule has 0 unspecified atom stereocenters. The zero-order chi connectivity index (χ0) is 25.6. The Balaban J connectivity index is 0.00000481. The van der Waals surface area contributed by atoms with E-state index in [4.69, 9.17) is 4.42 Å². The van der Waals surface area contributed by atoms with Gasteiger partial charge in [0.15, 0.2) is 0 Å². The third kappa shape index (κ3) is 10.3. The van der Waals surface area contributed by atoms with Crippen molar-refractivity contribution < 1.29 is 14.6 Å². The first kappa shape index (κ1) is 31.8.